The van der Waals surface area contributed by atoms with E-state index in [1.807, 2.05) is 0 Å². The highest BCUT2D eigenvalue weighted by atomic mass is 35.5. The van der Waals surface area contributed by atoms with Crippen molar-refractivity contribution in [2.24, 2.45) is 0 Å². The molecule has 1 aromatic carbocycles. The average Bonchev–Trinajstić information content (AvgIpc) is 2.01. The molecule has 0 aliphatic heterocycles. The van der Waals surface area contributed by atoms with Crippen LogP contribution in [0.5, 0.6) is 0 Å². The predicted molar refractivity (Wildman–Crippen MR) is 51.2 cm³/mol. The summed E-state index contributed by atoms with van der Waals surface area (Å²) >= 11 is 5.51. The van der Waals surface area contributed by atoms with E-state index in [-0.39, 0.29) is 9.92 Å². The fraction of sp³-hybridized carbons (Fsp3) is 0.143. The van der Waals surface area contributed by atoms with Crippen LogP contribution in [-0.2, 0) is 9.84 Å². The molecule has 5 nitrogen and oxygen atoms in total. The van der Waals surface area contributed by atoms with Crippen molar-refractivity contribution in [2.75, 3.05) is 6.26 Å². The Hall–Kier alpha value is -1.14. The summed E-state index contributed by atoms with van der Waals surface area (Å²) in [6.45, 7) is 0. The molecule has 14 heavy (non-hydrogen) atoms. The predicted octanol–water partition coefficient (Wildman–Crippen LogP) is 1.65. The number of sulfone groups is 1. The van der Waals surface area contributed by atoms with Gasteiger partial charge in [-0.05, 0) is 12.1 Å². The topological polar surface area (TPSA) is 77.3 Å². The van der Waals surface area contributed by atoms with E-state index in [0.29, 0.717) is 0 Å². The summed E-state index contributed by atoms with van der Waals surface area (Å²) in [6, 6.07) is 3.43. The molecular weight excluding hydrogens is 230 g/mol. The largest absolute Gasteiger partial charge is 0.289 e. The molecule has 0 atom stereocenters. The quantitative estimate of drug-likeness (QED) is 0.577. The first-order chi connectivity index (χ1) is 6.32. The maximum Gasteiger partial charge on any atom is 0.289 e. The third kappa shape index (κ3) is 2.21. The van der Waals surface area contributed by atoms with E-state index < -0.39 is 20.4 Å². The summed E-state index contributed by atoms with van der Waals surface area (Å²) in [5, 5.41) is 10.6. The van der Waals surface area contributed by atoms with Crippen LogP contribution in [0.4, 0.5) is 5.69 Å². The maximum atomic E-state index is 11.1. The summed E-state index contributed by atoms with van der Waals surface area (Å²) in [7, 11) is -3.60. The lowest BCUT2D eigenvalue weighted by Gasteiger charge is -2.00. The molecule has 0 bridgehead atoms. The Kier molecular flexibility index (Phi) is 2.77. The van der Waals surface area contributed by atoms with Crippen molar-refractivity contribution in [1.82, 2.24) is 0 Å². The van der Waals surface area contributed by atoms with Crippen LogP contribution in [0.25, 0.3) is 0 Å². The second-order valence-corrected chi connectivity index (χ2v) is 5.06. The van der Waals surface area contributed by atoms with E-state index in [9.17, 15) is 18.5 Å². The number of halogens is 1. The zero-order valence-corrected chi connectivity index (χ0v) is 8.67. The molecule has 0 amide bonds. The summed E-state index contributed by atoms with van der Waals surface area (Å²) < 4.78 is 22.2. The lowest BCUT2D eigenvalue weighted by atomic mass is 10.3. The summed E-state index contributed by atoms with van der Waals surface area (Å²) in [6.07, 6.45) is 0.906. The molecular formula is C7H6ClNO4S. The normalized spacial score (nSPS) is 11.3. The van der Waals surface area contributed by atoms with Crippen molar-refractivity contribution < 1.29 is 13.3 Å². The Labute approximate surface area is 85.4 Å². The first kappa shape index (κ1) is 10.9. The SMILES string of the molecule is CS(=O)(=O)c1ccc(Cl)cc1[N+](=O)[O-]. The molecule has 0 fully saturated rings. The molecule has 0 saturated heterocycles. The summed E-state index contributed by atoms with van der Waals surface area (Å²) in [5.41, 5.74) is -0.500. The molecule has 1 aromatic rings. The molecule has 0 N–H and O–H groups in total. The zero-order chi connectivity index (χ0) is 10.9. The molecule has 0 spiro atoms. The minimum atomic E-state index is -3.60. The van der Waals surface area contributed by atoms with Gasteiger partial charge in [-0.15, -0.1) is 0 Å². The fourth-order valence-corrected chi connectivity index (χ4v) is 1.94. The van der Waals surface area contributed by atoms with Gasteiger partial charge in [-0.2, -0.15) is 0 Å². The number of nitrogens with zero attached hydrogens (tertiary/aromatic N) is 1. The zero-order valence-electron chi connectivity index (χ0n) is 7.10. The van der Waals surface area contributed by atoms with E-state index >= 15 is 0 Å². The highest BCUT2D eigenvalue weighted by molar-refractivity contribution is 7.90. The van der Waals surface area contributed by atoms with Crippen LogP contribution in [-0.4, -0.2) is 19.6 Å². The van der Waals surface area contributed by atoms with Crippen molar-refractivity contribution in [1.29, 1.82) is 0 Å². The van der Waals surface area contributed by atoms with E-state index in [1.165, 1.54) is 6.07 Å². The van der Waals surface area contributed by atoms with Crippen LogP contribution in [0.15, 0.2) is 23.1 Å². The van der Waals surface area contributed by atoms with Gasteiger partial charge in [0.15, 0.2) is 9.84 Å². The van der Waals surface area contributed by atoms with Gasteiger partial charge < -0.3 is 0 Å². The third-order valence-electron chi connectivity index (χ3n) is 1.52. The molecule has 0 aromatic heterocycles. The first-order valence-corrected chi connectivity index (χ1v) is 5.73. The van der Waals surface area contributed by atoms with Crippen molar-refractivity contribution in [3.63, 3.8) is 0 Å². The van der Waals surface area contributed by atoms with Gasteiger partial charge in [-0.3, -0.25) is 10.1 Å². The number of nitro groups is 1. The lowest BCUT2D eigenvalue weighted by molar-refractivity contribution is -0.387. The second-order valence-electron chi connectivity index (χ2n) is 2.64. The Bertz CT molecular complexity index is 482. The van der Waals surface area contributed by atoms with Gasteiger partial charge >= 0.3 is 0 Å². The Morgan fingerprint density at radius 2 is 2.00 bits per heavy atom. The van der Waals surface area contributed by atoms with Crippen LogP contribution in [0.2, 0.25) is 5.02 Å². The second kappa shape index (κ2) is 3.55. The summed E-state index contributed by atoms with van der Waals surface area (Å²) in [5.74, 6) is 0. The molecule has 0 saturated carbocycles. The lowest BCUT2D eigenvalue weighted by Crippen LogP contribution is -2.02. The molecule has 7 heteroatoms. The molecule has 0 heterocycles. The molecule has 0 aliphatic carbocycles. The van der Waals surface area contributed by atoms with Crippen molar-refractivity contribution in [2.45, 2.75) is 4.90 Å². The average molecular weight is 236 g/mol. The van der Waals surface area contributed by atoms with Crippen molar-refractivity contribution >= 4 is 27.1 Å². The fourth-order valence-electron chi connectivity index (χ4n) is 0.947. The van der Waals surface area contributed by atoms with Crippen LogP contribution in [0.1, 0.15) is 0 Å². The number of hydrogen-bond acceptors (Lipinski definition) is 4. The number of hydrogen-bond donors (Lipinski definition) is 0. The minimum absolute atomic E-state index is 0.129. The molecule has 0 aliphatic rings. The maximum absolute atomic E-state index is 11.1. The van der Waals surface area contributed by atoms with Gasteiger partial charge in [0.05, 0.1) is 4.92 Å². The molecule has 0 radical (unpaired) electrons. The Morgan fingerprint density at radius 1 is 1.43 bits per heavy atom. The van der Waals surface area contributed by atoms with Gasteiger partial charge in [-0.1, -0.05) is 11.6 Å². The Balaban J connectivity index is 3.53. The van der Waals surface area contributed by atoms with Gasteiger partial charge in [0.2, 0.25) is 0 Å². The van der Waals surface area contributed by atoms with Crippen molar-refractivity contribution in [3.8, 4) is 0 Å². The minimum Gasteiger partial charge on any atom is -0.258 e. The first-order valence-electron chi connectivity index (χ1n) is 3.46. The van der Waals surface area contributed by atoms with E-state index in [4.69, 9.17) is 11.6 Å². The van der Waals surface area contributed by atoms with E-state index in [2.05, 4.69) is 0 Å². The number of benzene rings is 1. The van der Waals surface area contributed by atoms with Crippen LogP contribution >= 0.6 is 11.6 Å². The van der Waals surface area contributed by atoms with Gasteiger partial charge in [-0.25, -0.2) is 8.42 Å². The molecule has 76 valence electrons. The van der Waals surface area contributed by atoms with Crippen LogP contribution in [0.3, 0.4) is 0 Å². The highest BCUT2D eigenvalue weighted by Gasteiger charge is 2.21. The van der Waals surface area contributed by atoms with Gasteiger partial charge in [0.25, 0.3) is 5.69 Å². The standard InChI is InChI=1S/C7H6ClNO4S/c1-14(12,13)7-3-2-5(8)4-6(7)9(10)11/h2-4H,1H3. The summed E-state index contributed by atoms with van der Waals surface area (Å²) in [4.78, 5) is 9.40. The van der Waals surface area contributed by atoms with Crippen LogP contribution in [0, 0.1) is 10.1 Å². The number of rotatable bonds is 2. The van der Waals surface area contributed by atoms with Gasteiger partial charge in [0.1, 0.15) is 4.90 Å². The molecule has 0 unspecified atom stereocenters. The monoisotopic (exact) mass is 235 g/mol. The van der Waals surface area contributed by atoms with Crippen molar-refractivity contribution in [3.05, 3.63) is 33.3 Å². The smallest absolute Gasteiger partial charge is 0.258 e. The van der Waals surface area contributed by atoms with E-state index in [0.717, 1.165) is 18.4 Å². The van der Waals surface area contributed by atoms with Gasteiger partial charge in [0, 0.05) is 17.3 Å². The Morgan fingerprint density at radius 3 is 2.43 bits per heavy atom. The highest BCUT2D eigenvalue weighted by Crippen LogP contribution is 2.26. The van der Waals surface area contributed by atoms with Crippen LogP contribution < -0.4 is 0 Å². The number of nitro benzene ring substituents is 1. The van der Waals surface area contributed by atoms with E-state index in [1.54, 1.807) is 0 Å². The molecule has 1 rings (SSSR count). The third-order valence-corrected chi connectivity index (χ3v) is 2.90.